The molecule has 0 radical (unpaired) electrons. The van der Waals surface area contributed by atoms with Crippen LogP contribution in [0.1, 0.15) is 12.3 Å². The number of rotatable bonds is 5. The lowest BCUT2D eigenvalue weighted by atomic mass is 10.1. The van der Waals surface area contributed by atoms with Crippen LogP contribution < -0.4 is 0 Å². The van der Waals surface area contributed by atoms with Gasteiger partial charge in [-0.25, -0.2) is 4.98 Å². The van der Waals surface area contributed by atoms with Crippen LogP contribution >= 0.6 is 23.4 Å². The Kier molecular flexibility index (Phi) is 6.01. The summed E-state index contributed by atoms with van der Waals surface area (Å²) in [5.74, 6) is 0.623. The van der Waals surface area contributed by atoms with Crippen molar-refractivity contribution in [2.45, 2.75) is 21.3 Å². The van der Waals surface area contributed by atoms with Crippen molar-refractivity contribution in [3.8, 4) is 11.3 Å². The topological polar surface area (TPSA) is 52.3 Å². The second-order valence-corrected chi connectivity index (χ2v) is 9.11. The maximum Gasteiger partial charge on any atom is 0.223 e. The second kappa shape index (κ2) is 8.66. The number of halogens is 1. The third-order valence-electron chi connectivity index (χ3n) is 4.32. The lowest BCUT2D eigenvalue weighted by molar-refractivity contribution is 0.160. The highest BCUT2D eigenvalue weighted by atomic mass is 35.5. The lowest BCUT2D eigenvalue weighted by Gasteiger charge is -2.09. The summed E-state index contributed by atoms with van der Waals surface area (Å²) >= 11 is 7.51. The van der Waals surface area contributed by atoms with Gasteiger partial charge in [0.05, 0.1) is 13.2 Å². The minimum absolute atomic E-state index is 0.573. The van der Waals surface area contributed by atoms with Crippen molar-refractivity contribution in [1.29, 1.82) is 0 Å². The van der Waals surface area contributed by atoms with E-state index in [9.17, 15) is 4.21 Å². The van der Waals surface area contributed by atoms with E-state index in [1.807, 2.05) is 54.6 Å². The van der Waals surface area contributed by atoms with E-state index in [0.717, 1.165) is 38.1 Å². The Morgan fingerprint density at radius 1 is 1.11 bits per heavy atom. The van der Waals surface area contributed by atoms with Gasteiger partial charge in [-0.05, 0) is 48.2 Å². The minimum Gasteiger partial charge on any atom is -0.429 e. The van der Waals surface area contributed by atoms with Gasteiger partial charge in [0.1, 0.15) is 5.69 Å². The number of benzene rings is 2. The zero-order valence-electron chi connectivity index (χ0n) is 15.2. The number of hydrogen-bond acceptors (Lipinski definition) is 5. The van der Waals surface area contributed by atoms with Gasteiger partial charge in [-0.1, -0.05) is 29.8 Å². The molecule has 1 atom stereocenters. The molecule has 1 aliphatic heterocycles. The first-order valence-corrected chi connectivity index (χ1v) is 11.5. The van der Waals surface area contributed by atoms with Crippen molar-refractivity contribution in [2.75, 3.05) is 19.5 Å². The molecule has 0 aliphatic carbocycles. The van der Waals surface area contributed by atoms with E-state index < -0.39 is 10.8 Å². The summed E-state index contributed by atoms with van der Waals surface area (Å²) in [6.45, 7) is 1.24. The smallest absolute Gasteiger partial charge is 0.223 e. The number of oxazole rings is 1. The normalized spacial score (nSPS) is 15.3. The Morgan fingerprint density at radius 2 is 1.86 bits per heavy atom. The maximum absolute atomic E-state index is 11.7. The first-order valence-electron chi connectivity index (χ1n) is 8.75. The van der Waals surface area contributed by atoms with Gasteiger partial charge >= 0.3 is 0 Å². The molecule has 0 fully saturated rings. The van der Waals surface area contributed by atoms with Gasteiger partial charge in [-0.15, -0.1) is 0 Å². The Hall–Kier alpha value is -1.86. The van der Waals surface area contributed by atoms with Crippen LogP contribution in [0.25, 0.3) is 16.8 Å². The van der Waals surface area contributed by atoms with Gasteiger partial charge in [0.15, 0.2) is 5.09 Å². The molecule has 3 aromatic rings. The van der Waals surface area contributed by atoms with Crippen LogP contribution in [-0.4, -0.2) is 28.7 Å². The van der Waals surface area contributed by atoms with E-state index in [2.05, 4.69) is 0 Å². The van der Waals surface area contributed by atoms with Gasteiger partial charge in [-0.2, -0.15) is 0 Å². The molecule has 28 heavy (non-hydrogen) atoms. The highest BCUT2D eigenvalue weighted by Gasteiger charge is 2.20. The summed E-state index contributed by atoms with van der Waals surface area (Å²) in [5, 5.41) is 1.41. The summed E-state index contributed by atoms with van der Waals surface area (Å²) in [7, 11) is -1.02. The highest BCUT2D eigenvalue weighted by Crippen LogP contribution is 2.39. The van der Waals surface area contributed by atoms with E-state index in [1.54, 1.807) is 6.26 Å². The predicted octanol–water partition coefficient (Wildman–Crippen LogP) is 5.69. The van der Waals surface area contributed by atoms with Crippen molar-refractivity contribution >= 4 is 39.7 Å². The fourth-order valence-corrected chi connectivity index (χ4v) is 4.34. The Labute approximate surface area is 175 Å². The van der Waals surface area contributed by atoms with Crippen LogP contribution in [0.5, 0.6) is 0 Å². The molecule has 4 nitrogen and oxygen atoms in total. The monoisotopic (exact) mass is 431 g/mol. The molecule has 144 valence electrons. The molecule has 2 heterocycles. The average Bonchev–Trinajstić information content (AvgIpc) is 3.14. The van der Waals surface area contributed by atoms with Gasteiger partial charge in [-0.3, -0.25) is 4.21 Å². The molecule has 7 heteroatoms. The first kappa shape index (κ1) is 19.5. The van der Waals surface area contributed by atoms with Gasteiger partial charge in [0.2, 0.25) is 5.89 Å². The van der Waals surface area contributed by atoms with Crippen LogP contribution in [0.2, 0.25) is 5.02 Å². The largest absolute Gasteiger partial charge is 0.429 e. The second-order valence-electron chi connectivity index (χ2n) is 6.24. The Morgan fingerprint density at radius 3 is 2.50 bits per heavy atom. The summed E-state index contributed by atoms with van der Waals surface area (Å²) in [4.78, 5) is 6.58. The predicted molar refractivity (Wildman–Crippen MR) is 113 cm³/mol. The summed E-state index contributed by atoms with van der Waals surface area (Å²) < 4.78 is 23.2. The van der Waals surface area contributed by atoms with Crippen LogP contribution in [0.4, 0.5) is 0 Å². The quantitative estimate of drug-likeness (QED) is 0.519. The fraction of sp³-hybridized carbons (Fsp3) is 0.190. The van der Waals surface area contributed by atoms with Crippen LogP contribution in [-0.2, 0) is 15.5 Å². The van der Waals surface area contributed by atoms with Gasteiger partial charge in [0, 0.05) is 49.4 Å². The standard InChI is InChI=1S/C21H18ClNO3S2/c1-28(24)18-8-2-14(3-9-18)19-21(27-17-6-4-16(22)5-7-17)26-20(23-19)15-10-12-25-13-11-15/h2-10H,11-13H2,1H3. The molecule has 0 saturated carbocycles. The summed E-state index contributed by atoms with van der Waals surface area (Å²) in [6, 6.07) is 15.2. The molecule has 2 aromatic carbocycles. The molecule has 0 bridgehead atoms. The first-order chi connectivity index (χ1) is 13.6. The molecule has 1 unspecified atom stereocenters. The van der Waals surface area contributed by atoms with E-state index in [0.29, 0.717) is 24.1 Å². The molecule has 0 amide bonds. The molecule has 0 N–H and O–H groups in total. The van der Waals surface area contributed by atoms with Crippen molar-refractivity contribution in [1.82, 2.24) is 4.98 Å². The molecule has 0 spiro atoms. The lowest BCUT2D eigenvalue weighted by Crippen LogP contribution is -2.03. The van der Waals surface area contributed by atoms with Crippen molar-refractivity contribution in [3.05, 3.63) is 65.5 Å². The molecular weight excluding hydrogens is 414 g/mol. The zero-order valence-corrected chi connectivity index (χ0v) is 17.6. The van der Waals surface area contributed by atoms with Gasteiger partial charge in [0.25, 0.3) is 0 Å². The average molecular weight is 432 g/mol. The van der Waals surface area contributed by atoms with Crippen LogP contribution in [0.3, 0.4) is 0 Å². The number of ether oxygens (including phenoxy) is 1. The van der Waals surface area contributed by atoms with Crippen molar-refractivity contribution in [3.63, 3.8) is 0 Å². The fourth-order valence-electron chi connectivity index (χ4n) is 2.83. The van der Waals surface area contributed by atoms with Crippen molar-refractivity contribution in [2.24, 2.45) is 0 Å². The zero-order chi connectivity index (χ0) is 19.5. The number of aromatic nitrogens is 1. The number of hydrogen-bond donors (Lipinski definition) is 0. The molecule has 4 rings (SSSR count). The van der Waals surface area contributed by atoms with E-state index in [-0.39, 0.29) is 0 Å². The van der Waals surface area contributed by atoms with Gasteiger partial charge < -0.3 is 9.15 Å². The van der Waals surface area contributed by atoms with E-state index in [4.69, 9.17) is 25.7 Å². The van der Waals surface area contributed by atoms with Crippen LogP contribution in [0, 0.1) is 0 Å². The molecule has 1 aromatic heterocycles. The molecule has 0 saturated heterocycles. The minimum atomic E-state index is -1.02. The van der Waals surface area contributed by atoms with Crippen LogP contribution in [0.15, 0.2) is 73.9 Å². The van der Waals surface area contributed by atoms with E-state index in [1.165, 1.54) is 11.8 Å². The Bertz CT molecular complexity index is 1030. The molecule has 1 aliphatic rings. The summed E-state index contributed by atoms with van der Waals surface area (Å²) in [5.41, 5.74) is 2.76. The maximum atomic E-state index is 11.7. The van der Waals surface area contributed by atoms with Crippen molar-refractivity contribution < 1.29 is 13.4 Å². The van der Waals surface area contributed by atoms with E-state index >= 15 is 0 Å². The number of nitrogens with zero attached hydrogens (tertiary/aromatic N) is 1. The third-order valence-corrected chi connectivity index (χ3v) is 6.48. The SMILES string of the molecule is CS(=O)c1ccc(-c2nc(C3=CCOCC3)oc2Sc2ccc(Cl)cc2)cc1. The third kappa shape index (κ3) is 4.41. The highest BCUT2D eigenvalue weighted by molar-refractivity contribution is 7.99. The Balaban J connectivity index is 1.73. The summed E-state index contributed by atoms with van der Waals surface area (Å²) in [6.07, 6.45) is 4.46. The molecular formula is C21H18ClNO3S2.